The van der Waals surface area contributed by atoms with Gasteiger partial charge in [-0.3, -0.25) is 0 Å². The van der Waals surface area contributed by atoms with Crippen molar-refractivity contribution in [3.8, 4) is 11.6 Å². The predicted octanol–water partition coefficient (Wildman–Crippen LogP) is 2.83. The van der Waals surface area contributed by atoms with Gasteiger partial charge in [-0.15, -0.1) is 0 Å². The summed E-state index contributed by atoms with van der Waals surface area (Å²) in [7, 11) is 1.91. The van der Waals surface area contributed by atoms with Crippen LogP contribution in [0.4, 0.5) is 5.82 Å². The summed E-state index contributed by atoms with van der Waals surface area (Å²) >= 11 is 0. The highest BCUT2D eigenvalue weighted by atomic mass is 16.3. The van der Waals surface area contributed by atoms with Crippen LogP contribution in [0.15, 0.2) is 16.5 Å². The molecule has 2 aromatic heterocycles. The lowest BCUT2D eigenvalue weighted by molar-refractivity contribution is 0.525. The SMILES string of the molecule is CCc1ccc(-c2nc3c(c(NC)n2)CCC3)o1. The summed E-state index contributed by atoms with van der Waals surface area (Å²) in [6.07, 6.45) is 4.18. The topological polar surface area (TPSA) is 51.0 Å². The molecule has 0 aromatic carbocycles. The molecule has 18 heavy (non-hydrogen) atoms. The number of aryl methyl sites for hydroxylation is 2. The highest BCUT2D eigenvalue weighted by Crippen LogP contribution is 2.29. The van der Waals surface area contributed by atoms with Gasteiger partial charge in [-0.1, -0.05) is 6.92 Å². The zero-order chi connectivity index (χ0) is 12.5. The lowest BCUT2D eigenvalue weighted by atomic mass is 10.2. The van der Waals surface area contributed by atoms with Gasteiger partial charge in [0.15, 0.2) is 11.6 Å². The summed E-state index contributed by atoms with van der Waals surface area (Å²) in [5.41, 5.74) is 2.43. The van der Waals surface area contributed by atoms with Gasteiger partial charge in [0.05, 0.1) is 0 Å². The fourth-order valence-electron chi connectivity index (χ4n) is 2.44. The Labute approximate surface area is 106 Å². The first-order valence-corrected chi connectivity index (χ1v) is 6.48. The second-order valence-electron chi connectivity index (χ2n) is 4.54. The van der Waals surface area contributed by atoms with Gasteiger partial charge in [0.1, 0.15) is 11.6 Å². The maximum Gasteiger partial charge on any atom is 0.197 e. The van der Waals surface area contributed by atoms with Crippen molar-refractivity contribution in [1.82, 2.24) is 9.97 Å². The molecule has 0 amide bonds. The Kier molecular flexibility index (Phi) is 2.78. The van der Waals surface area contributed by atoms with Gasteiger partial charge in [0.2, 0.25) is 0 Å². The number of nitrogens with one attached hydrogen (secondary N) is 1. The Morgan fingerprint density at radius 1 is 1.28 bits per heavy atom. The lowest BCUT2D eigenvalue weighted by Crippen LogP contribution is -2.03. The second kappa shape index (κ2) is 4.44. The number of furan rings is 1. The Hall–Kier alpha value is -1.84. The van der Waals surface area contributed by atoms with E-state index in [1.807, 2.05) is 19.2 Å². The maximum atomic E-state index is 5.73. The molecule has 1 aliphatic carbocycles. The van der Waals surface area contributed by atoms with E-state index in [0.717, 1.165) is 36.6 Å². The number of aromatic nitrogens is 2. The van der Waals surface area contributed by atoms with E-state index in [1.54, 1.807) is 0 Å². The third-order valence-electron chi connectivity index (χ3n) is 3.40. The molecule has 0 aliphatic heterocycles. The number of fused-ring (bicyclic) bond motifs is 1. The molecule has 3 rings (SSSR count). The van der Waals surface area contributed by atoms with Crippen molar-refractivity contribution >= 4 is 5.82 Å². The molecule has 94 valence electrons. The Morgan fingerprint density at radius 3 is 2.89 bits per heavy atom. The largest absolute Gasteiger partial charge is 0.458 e. The molecule has 0 spiro atoms. The molecule has 0 atom stereocenters. The number of nitrogens with zero attached hydrogens (tertiary/aromatic N) is 2. The first kappa shape index (κ1) is 11.3. The summed E-state index contributed by atoms with van der Waals surface area (Å²) in [5, 5.41) is 3.17. The molecular formula is C14H17N3O. The number of hydrogen-bond donors (Lipinski definition) is 1. The van der Waals surface area contributed by atoms with Gasteiger partial charge >= 0.3 is 0 Å². The van der Waals surface area contributed by atoms with E-state index in [1.165, 1.54) is 17.7 Å². The van der Waals surface area contributed by atoms with Crippen LogP contribution in [-0.4, -0.2) is 17.0 Å². The van der Waals surface area contributed by atoms with Gasteiger partial charge < -0.3 is 9.73 Å². The molecule has 0 radical (unpaired) electrons. The quantitative estimate of drug-likeness (QED) is 0.900. The molecule has 2 aromatic rings. The standard InChI is InChI=1S/C14H17N3O/c1-3-9-7-8-12(18-9)14-16-11-6-4-5-10(11)13(15-2)17-14/h7-8H,3-6H2,1-2H3,(H,15,16,17). The van der Waals surface area contributed by atoms with Crippen LogP contribution >= 0.6 is 0 Å². The van der Waals surface area contributed by atoms with Gasteiger partial charge in [0.25, 0.3) is 0 Å². The fraction of sp³-hybridized carbons (Fsp3) is 0.429. The number of rotatable bonds is 3. The van der Waals surface area contributed by atoms with E-state index in [0.29, 0.717) is 5.82 Å². The summed E-state index contributed by atoms with van der Waals surface area (Å²) in [6.45, 7) is 2.07. The predicted molar refractivity (Wildman–Crippen MR) is 70.7 cm³/mol. The zero-order valence-electron chi connectivity index (χ0n) is 10.8. The van der Waals surface area contributed by atoms with E-state index in [-0.39, 0.29) is 0 Å². The van der Waals surface area contributed by atoms with Crippen LogP contribution in [0.1, 0.15) is 30.4 Å². The molecule has 2 heterocycles. The molecule has 0 saturated carbocycles. The van der Waals surface area contributed by atoms with Crippen molar-refractivity contribution in [3.05, 3.63) is 29.2 Å². The minimum Gasteiger partial charge on any atom is -0.458 e. The van der Waals surface area contributed by atoms with Crippen LogP contribution in [0, 0.1) is 0 Å². The highest BCUT2D eigenvalue weighted by molar-refractivity contribution is 5.56. The average Bonchev–Trinajstić information content (AvgIpc) is 3.05. The smallest absolute Gasteiger partial charge is 0.197 e. The number of hydrogen-bond acceptors (Lipinski definition) is 4. The molecule has 0 bridgehead atoms. The molecule has 4 heteroatoms. The average molecular weight is 243 g/mol. The van der Waals surface area contributed by atoms with Crippen molar-refractivity contribution in [1.29, 1.82) is 0 Å². The van der Waals surface area contributed by atoms with Gasteiger partial charge in [-0.25, -0.2) is 9.97 Å². The minimum atomic E-state index is 0.694. The van der Waals surface area contributed by atoms with Gasteiger partial charge in [-0.2, -0.15) is 0 Å². The molecular weight excluding hydrogens is 226 g/mol. The summed E-state index contributed by atoms with van der Waals surface area (Å²) in [5.74, 6) is 3.37. The van der Waals surface area contributed by atoms with Crippen LogP contribution in [0.25, 0.3) is 11.6 Å². The van der Waals surface area contributed by atoms with Crippen molar-refractivity contribution in [2.75, 3.05) is 12.4 Å². The maximum absolute atomic E-state index is 5.73. The van der Waals surface area contributed by atoms with Crippen molar-refractivity contribution < 1.29 is 4.42 Å². The summed E-state index contributed by atoms with van der Waals surface area (Å²) in [6, 6.07) is 3.94. The minimum absolute atomic E-state index is 0.694. The van der Waals surface area contributed by atoms with Crippen molar-refractivity contribution in [2.45, 2.75) is 32.6 Å². The molecule has 4 nitrogen and oxygen atoms in total. The normalized spacial score (nSPS) is 13.7. The molecule has 0 saturated heterocycles. The van der Waals surface area contributed by atoms with Crippen LogP contribution in [0.5, 0.6) is 0 Å². The summed E-state index contributed by atoms with van der Waals surface area (Å²) in [4.78, 5) is 9.20. The van der Waals surface area contributed by atoms with Crippen LogP contribution in [-0.2, 0) is 19.3 Å². The molecule has 0 fully saturated rings. The lowest BCUT2D eigenvalue weighted by Gasteiger charge is -2.08. The van der Waals surface area contributed by atoms with E-state index in [4.69, 9.17) is 4.42 Å². The van der Waals surface area contributed by atoms with E-state index < -0.39 is 0 Å². The van der Waals surface area contributed by atoms with Crippen molar-refractivity contribution in [2.24, 2.45) is 0 Å². The third kappa shape index (κ3) is 1.78. The third-order valence-corrected chi connectivity index (χ3v) is 3.40. The zero-order valence-corrected chi connectivity index (χ0v) is 10.8. The van der Waals surface area contributed by atoms with Crippen LogP contribution in [0.2, 0.25) is 0 Å². The highest BCUT2D eigenvalue weighted by Gasteiger charge is 2.20. The van der Waals surface area contributed by atoms with Crippen LogP contribution in [0.3, 0.4) is 0 Å². The number of anilines is 1. The first-order chi connectivity index (χ1) is 8.81. The van der Waals surface area contributed by atoms with E-state index in [2.05, 4.69) is 22.2 Å². The molecule has 1 aliphatic rings. The molecule has 1 N–H and O–H groups in total. The van der Waals surface area contributed by atoms with Gasteiger partial charge in [0, 0.05) is 24.7 Å². The Morgan fingerprint density at radius 2 is 2.17 bits per heavy atom. The first-order valence-electron chi connectivity index (χ1n) is 6.48. The Bertz CT molecular complexity index is 574. The van der Waals surface area contributed by atoms with Crippen molar-refractivity contribution in [3.63, 3.8) is 0 Å². The van der Waals surface area contributed by atoms with E-state index >= 15 is 0 Å². The Balaban J connectivity index is 2.07. The fourth-order valence-corrected chi connectivity index (χ4v) is 2.44. The second-order valence-corrected chi connectivity index (χ2v) is 4.54. The molecule has 0 unspecified atom stereocenters. The van der Waals surface area contributed by atoms with E-state index in [9.17, 15) is 0 Å². The van der Waals surface area contributed by atoms with Gasteiger partial charge in [-0.05, 0) is 31.4 Å². The summed E-state index contributed by atoms with van der Waals surface area (Å²) < 4.78 is 5.73. The monoisotopic (exact) mass is 243 g/mol. The van der Waals surface area contributed by atoms with Crippen LogP contribution < -0.4 is 5.32 Å².